The maximum atomic E-state index is 14.0. The van der Waals surface area contributed by atoms with E-state index in [2.05, 4.69) is 5.32 Å². The van der Waals surface area contributed by atoms with E-state index in [9.17, 15) is 18.4 Å². The number of ether oxygens (including phenoxy) is 2. The number of hydrogen-bond acceptors (Lipinski definition) is 4. The second kappa shape index (κ2) is 6.62. The lowest BCUT2D eigenvalue weighted by Crippen LogP contribution is -2.41. The number of hydrogen-bond donors (Lipinski definition) is 1. The van der Waals surface area contributed by atoms with E-state index in [1.807, 2.05) is 0 Å². The molecule has 2 aromatic carbocycles. The predicted octanol–water partition coefficient (Wildman–Crippen LogP) is 2.97. The number of amides is 2. The van der Waals surface area contributed by atoms with Crippen LogP contribution in [0.4, 0.5) is 20.2 Å². The fourth-order valence-corrected chi connectivity index (χ4v) is 2.70. The van der Waals surface area contributed by atoms with Gasteiger partial charge in [0.05, 0.1) is 12.8 Å². The zero-order chi connectivity index (χ0) is 19.0. The van der Waals surface area contributed by atoms with E-state index in [1.54, 1.807) is 20.0 Å². The molecule has 136 valence electrons. The number of anilines is 2. The van der Waals surface area contributed by atoms with Crippen LogP contribution in [-0.2, 0) is 4.79 Å². The molecule has 1 atom stereocenters. The molecular weight excluding hydrogens is 346 g/mol. The van der Waals surface area contributed by atoms with Gasteiger partial charge in [-0.25, -0.2) is 8.78 Å². The molecule has 0 bridgehead atoms. The van der Waals surface area contributed by atoms with Crippen LogP contribution in [0.1, 0.15) is 17.3 Å². The fourth-order valence-electron chi connectivity index (χ4n) is 2.70. The highest BCUT2D eigenvalue weighted by Gasteiger charge is 2.29. The van der Waals surface area contributed by atoms with Crippen molar-refractivity contribution >= 4 is 23.2 Å². The zero-order valence-electron chi connectivity index (χ0n) is 14.3. The number of rotatable bonds is 3. The summed E-state index contributed by atoms with van der Waals surface area (Å²) in [4.78, 5) is 25.8. The van der Waals surface area contributed by atoms with Gasteiger partial charge in [0.2, 0.25) is 0 Å². The first-order chi connectivity index (χ1) is 12.3. The summed E-state index contributed by atoms with van der Waals surface area (Å²) in [6.07, 6.45) is -0.612. The third-order valence-electron chi connectivity index (χ3n) is 4.06. The summed E-state index contributed by atoms with van der Waals surface area (Å²) in [5.74, 6) is -3.19. The Morgan fingerprint density at radius 2 is 2.00 bits per heavy atom. The molecule has 1 heterocycles. The van der Waals surface area contributed by atoms with Crippen LogP contribution in [0.5, 0.6) is 11.5 Å². The lowest BCUT2D eigenvalue weighted by molar-refractivity contribution is -0.125. The van der Waals surface area contributed by atoms with Crippen LogP contribution in [0.15, 0.2) is 30.3 Å². The molecule has 0 aromatic heterocycles. The Bertz CT molecular complexity index is 901. The van der Waals surface area contributed by atoms with Gasteiger partial charge in [0.1, 0.15) is 17.1 Å². The van der Waals surface area contributed by atoms with Gasteiger partial charge in [0.15, 0.2) is 17.7 Å². The van der Waals surface area contributed by atoms with Crippen molar-refractivity contribution in [3.05, 3.63) is 47.5 Å². The van der Waals surface area contributed by atoms with Crippen molar-refractivity contribution in [1.82, 2.24) is 0 Å². The number of likely N-dealkylation sites (N-methyl/N-ethyl adjacent to an activating group) is 1. The number of benzene rings is 2. The molecule has 2 amide bonds. The van der Waals surface area contributed by atoms with Crippen molar-refractivity contribution in [2.75, 3.05) is 24.4 Å². The van der Waals surface area contributed by atoms with Crippen LogP contribution >= 0.6 is 0 Å². The van der Waals surface area contributed by atoms with Gasteiger partial charge in [-0.15, -0.1) is 0 Å². The molecule has 0 saturated carbocycles. The van der Waals surface area contributed by atoms with Crippen molar-refractivity contribution < 1.29 is 27.8 Å². The van der Waals surface area contributed by atoms with Crippen molar-refractivity contribution in [3.63, 3.8) is 0 Å². The number of methoxy groups -OCH3 is 1. The predicted molar refractivity (Wildman–Crippen MR) is 90.8 cm³/mol. The average molecular weight is 362 g/mol. The Hall–Kier alpha value is -3.16. The lowest BCUT2D eigenvalue weighted by Gasteiger charge is -2.30. The quantitative estimate of drug-likeness (QED) is 0.912. The van der Waals surface area contributed by atoms with Crippen LogP contribution in [-0.4, -0.2) is 32.1 Å². The monoisotopic (exact) mass is 362 g/mol. The molecule has 0 radical (unpaired) electrons. The summed E-state index contributed by atoms with van der Waals surface area (Å²) in [5.41, 5.74) is 0.203. The SMILES string of the molecule is COc1ccc(F)c(F)c1C(=O)Nc1ccc2c(c1)N(C)C(=O)C(C)O2. The molecule has 0 spiro atoms. The Balaban J connectivity index is 1.93. The molecule has 2 aromatic rings. The summed E-state index contributed by atoms with van der Waals surface area (Å²) < 4.78 is 38.0. The van der Waals surface area contributed by atoms with Gasteiger partial charge < -0.3 is 19.7 Å². The standard InChI is InChI=1S/C18H16F2N2O4/c1-9-18(24)22(2)12-8-10(4-6-13(12)26-9)21-17(23)15-14(25-3)7-5-11(19)16(15)20/h4-9H,1-3H3,(H,21,23). The van der Waals surface area contributed by atoms with E-state index in [4.69, 9.17) is 9.47 Å². The first-order valence-electron chi connectivity index (χ1n) is 7.75. The van der Waals surface area contributed by atoms with Crippen LogP contribution in [0.25, 0.3) is 0 Å². The molecule has 0 saturated heterocycles. The number of fused-ring (bicyclic) bond motifs is 1. The molecule has 1 aliphatic heterocycles. The second-order valence-electron chi connectivity index (χ2n) is 5.73. The van der Waals surface area contributed by atoms with E-state index in [1.165, 1.54) is 30.2 Å². The van der Waals surface area contributed by atoms with Gasteiger partial charge in [-0.3, -0.25) is 9.59 Å². The van der Waals surface area contributed by atoms with Crippen molar-refractivity contribution in [2.45, 2.75) is 13.0 Å². The van der Waals surface area contributed by atoms with E-state index in [-0.39, 0.29) is 17.3 Å². The van der Waals surface area contributed by atoms with E-state index in [0.29, 0.717) is 11.4 Å². The highest BCUT2D eigenvalue weighted by atomic mass is 19.2. The number of nitrogens with zero attached hydrogens (tertiary/aromatic N) is 1. The number of nitrogens with one attached hydrogen (secondary N) is 1. The molecule has 0 aliphatic carbocycles. The van der Waals surface area contributed by atoms with Crippen LogP contribution in [0.3, 0.4) is 0 Å². The molecule has 8 heteroatoms. The maximum Gasteiger partial charge on any atom is 0.267 e. The third-order valence-corrected chi connectivity index (χ3v) is 4.06. The highest BCUT2D eigenvalue weighted by molar-refractivity contribution is 6.07. The number of carbonyl (C=O) groups excluding carboxylic acids is 2. The van der Waals surface area contributed by atoms with E-state index < -0.39 is 29.2 Å². The van der Waals surface area contributed by atoms with Crippen LogP contribution < -0.4 is 19.7 Å². The maximum absolute atomic E-state index is 14.0. The number of halogens is 2. The Morgan fingerprint density at radius 3 is 2.69 bits per heavy atom. The molecule has 26 heavy (non-hydrogen) atoms. The Morgan fingerprint density at radius 1 is 1.27 bits per heavy atom. The van der Waals surface area contributed by atoms with Gasteiger partial charge in [-0.1, -0.05) is 0 Å². The second-order valence-corrected chi connectivity index (χ2v) is 5.73. The Labute approximate surface area is 148 Å². The molecule has 1 unspecified atom stereocenters. The summed E-state index contributed by atoms with van der Waals surface area (Å²) >= 11 is 0. The van der Waals surface area contributed by atoms with E-state index in [0.717, 1.165) is 6.07 Å². The van der Waals surface area contributed by atoms with Crippen molar-refractivity contribution in [3.8, 4) is 11.5 Å². The molecule has 6 nitrogen and oxygen atoms in total. The van der Waals surface area contributed by atoms with Crippen molar-refractivity contribution in [1.29, 1.82) is 0 Å². The van der Waals surface area contributed by atoms with Gasteiger partial charge in [-0.05, 0) is 37.3 Å². The summed E-state index contributed by atoms with van der Waals surface area (Å²) in [6, 6.07) is 6.69. The minimum absolute atomic E-state index is 0.0937. The lowest BCUT2D eigenvalue weighted by atomic mass is 10.1. The smallest absolute Gasteiger partial charge is 0.267 e. The normalized spacial score (nSPS) is 16.0. The van der Waals surface area contributed by atoms with Crippen LogP contribution in [0.2, 0.25) is 0 Å². The molecule has 1 N–H and O–H groups in total. The first-order valence-corrected chi connectivity index (χ1v) is 7.75. The van der Waals surface area contributed by atoms with Gasteiger partial charge in [0, 0.05) is 12.7 Å². The van der Waals surface area contributed by atoms with Crippen molar-refractivity contribution in [2.24, 2.45) is 0 Å². The summed E-state index contributed by atoms with van der Waals surface area (Å²) in [6.45, 7) is 1.64. The minimum atomic E-state index is -1.30. The Kier molecular flexibility index (Phi) is 4.50. The van der Waals surface area contributed by atoms with Gasteiger partial charge >= 0.3 is 0 Å². The first kappa shape index (κ1) is 17.7. The summed E-state index contributed by atoms with van der Waals surface area (Å²) in [7, 11) is 2.84. The van der Waals surface area contributed by atoms with E-state index >= 15 is 0 Å². The van der Waals surface area contributed by atoms with Gasteiger partial charge in [0.25, 0.3) is 11.8 Å². The summed E-state index contributed by atoms with van der Waals surface area (Å²) in [5, 5.41) is 2.48. The van der Waals surface area contributed by atoms with Gasteiger partial charge in [-0.2, -0.15) is 0 Å². The van der Waals surface area contributed by atoms with Crippen LogP contribution in [0, 0.1) is 11.6 Å². The topological polar surface area (TPSA) is 67.9 Å². The molecular formula is C18H16F2N2O4. The zero-order valence-corrected chi connectivity index (χ0v) is 14.3. The highest BCUT2D eigenvalue weighted by Crippen LogP contribution is 2.35. The minimum Gasteiger partial charge on any atom is -0.496 e. The fraction of sp³-hybridized carbons (Fsp3) is 0.222. The molecule has 3 rings (SSSR count). The third kappa shape index (κ3) is 2.94. The molecule has 0 fully saturated rings. The largest absolute Gasteiger partial charge is 0.496 e. The molecule has 1 aliphatic rings. The average Bonchev–Trinajstić information content (AvgIpc) is 2.62. The number of carbonyl (C=O) groups is 2.